The largest absolute Gasteiger partial charge is 0.502 e. The number of aliphatic hydroxyl groups is 1. The van der Waals surface area contributed by atoms with E-state index in [0.29, 0.717) is 78.8 Å². The van der Waals surface area contributed by atoms with Crippen molar-refractivity contribution in [1.29, 1.82) is 0 Å². The Morgan fingerprint density at radius 1 is 0.391 bits per heavy atom. The second-order valence-corrected chi connectivity index (χ2v) is 20.0. The van der Waals surface area contributed by atoms with E-state index in [9.17, 15) is 34.2 Å². The van der Waals surface area contributed by atoms with Crippen molar-refractivity contribution in [3.05, 3.63) is 338 Å². The summed E-state index contributed by atoms with van der Waals surface area (Å²) in [4.78, 5) is 60.3. The van der Waals surface area contributed by atoms with Crippen LogP contribution in [-0.2, 0) is 0 Å². The summed E-state index contributed by atoms with van der Waals surface area (Å²) in [7, 11) is 0. The van der Waals surface area contributed by atoms with E-state index < -0.39 is 17.6 Å². The number of aromatic hydroxyl groups is 1. The van der Waals surface area contributed by atoms with Gasteiger partial charge >= 0.3 is 0 Å². The Labute approximate surface area is 498 Å². The van der Waals surface area contributed by atoms with Crippen molar-refractivity contribution in [2.24, 2.45) is 0 Å². The van der Waals surface area contributed by atoms with Crippen LogP contribution >= 0.6 is 0 Å². The van der Waals surface area contributed by atoms with Gasteiger partial charge in [-0.25, -0.2) is 0 Å². The second kappa shape index (κ2) is 26.8. The molecule has 3 aromatic heterocycles. The molecule has 12 heteroatoms. The molecule has 87 heavy (non-hydrogen) atoms. The monoisotopic (exact) mass is 1150 g/mol. The third kappa shape index (κ3) is 13.2. The summed E-state index contributed by atoms with van der Waals surface area (Å²) in [6.07, 6.45) is 0.00981. The Morgan fingerprint density at radius 3 is 1.47 bits per heavy atom. The highest BCUT2D eigenvalue weighted by molar-refractivity contribution is 6.03. The maximum Gasteiger partial charge on any atom is 0.235 e. The van der Waals surface area contributed by atoms with E-state index in [0.717, 1.165) is 22.3 Å². The van der Waals surface area contributed by atoms with Gasteiger partial charge in [0.1, 0.15) is 46.4 Å². The van der Waals surface area contributed by atoms with Gasteiger partial charge in [-0.05, 0) is 77.4 Å². The molecule has 2 N–H and O–H groups in total. The molecule has 0 radical (unpaired) electrons. The van der Waals surface area contributed by atoms with Crippen LogP contribution in [-0.4, -0.2) is 27.9 Å². The molecule has 426 valence electrons. The zero-order valence-electron chi connectivity index (χ0n) is 46.6. The lowest BCUT2D eigenvalue weighted by atomic mass is 9.94. The number of benzene rings is 10. The molecule has 0 saturated carbocycles. The summed E-state index contributed by atoms with van der Waals surface area (Å²) in [6.45, 7) is 0. The Kier molecular flexibility index (Phi) is 17.7. The Morgan fingerprint density at radius 2 is 0.851 bits per heavy atom. The molecular weight excluding hydrogens is 1090 g/mol. The molecule has 0 fully saturated rings. The van der Waals surface area contributed by atoms with Gasteiger partial charge in [0.05, 0.1) is 39.3 Å². The average Bonchev–Trinajstić information content (AvgIpc) is 2.19. The maximum absolute atomic E-state index is 12.3. The fraction of sp³-hybridized carbons (Fsp3) is 0.0533. The first kappa shape index (κ1) is 57.4. The molecule has 0 amide bonds. The van der Waals surface area contributed by atoms with Gasteiger partial charge in [0, 0.05) is 17.2 Å². The highest BCUT2D eigenvalue weighted by Crippen LogP contribution is 2.36. The highest BCUT2D eigenvalue weighted by atomic mass is 16.5. The van der Waals surface area contributed by atoms with E-state index in [1.54, 1.807) is 72.8 Å². The van der Waals surface area contributed by atoms with Crippen molar-refractivity contribution in [2.75, 3.05) is 0 Å². The van der Waals surface area contributed by atoms with Gasteiger partial charge in [0.15, 0.2) is 40.4 Å². The average molecular weight is 1150 g/mol. The van der Waals surface area contributed by atoms with Crippen molar-refractivity contribution in [1.82, 2.24) is 0 Å². The molecule has 15 rings (SSSR count). The Bertz CT molecular complexity index is 4700. The number of rotatable bonds is 5. The number of carbonyl (C=O) groups excluding carboxylic acids is 2. The molecule has 5 heterocycles. The molecule has 2 aliphatic heterocycles. The lowest BCUT2D eigenvalue weighted by Crippen LogP contribution is -2.36. The van der Waals surface area contributed by atoms with Crippen molar-refractivity contribution >= 4 is 44.5 Å². The van der Waals surface area contributed by atoms with E-state index in [1.165, 1.54) is 12.3 Å². The van der Waals surface area contributed by atoms with Gasteiger partial charge in [0.2, 0.25) is 11.2 Å². The third-order valence-electron chi connectivity index (χ3n) is 14.4. The third-order valence-corrected chi connectivity index (χ3v) is 14.4. The van der Waals surface area contributed by atoms with E-state index in [2.05, 4.69) is 0 Å². The lowest BCUT2D eigenvalue weighted by molar-refractivity contribution is 0.0216. The van der Waals surface area contributed by atoms with Crippen LogP contribution in [0.5, 0.6) is 17.2 Å². The first-order chi connectivity index (χ1) is 42.6. The zero-order valence-corrected chi connectivity index (χ0v) is 46.6. The minimum absolute atomic E-state index is 0.00861. The molecule has 13 aromatic rings. The van der Waals surface area contributed by atoms with Gasteiger partial charge in [-0.1, -0.05) is 212 Å². The first-order valence-corrected chi connectivity index (χ1v) is 27.9. The molecule has 3 unspecified atom stereocenters. The summed E-state index contributed by atoms with van der Waals surface area (Å²) in [5.41, 5.74) is 7.37. The second-order valence-electron chi connectivity index (χ2n) is 20.0. The Hall–Kier alpha value is -11.5. The van der Waals surface area contributed by atoms with E-state index in [1.807, 2.05) is 200 Å². The number of Topliss-reactive ketones (excluding diaryl/α,β-unsaturated/α-hetero) is 2. The van der Waals surface area contributed by atoms with Crippen LogP contribution in [0, 0.1) is 0 Å². The number of carbonyl (C=O) groups is 2. The number of aliphatic hydroxyl groups excluding tert-OH is 1. The van der Waals surface area contributed by atoms with Crippen LogP contribution in [0.25, 0.3) is 66.7 Å². The van der Waals surface area contributed by atoms with Gasteiger partial charge in [-0.3, -0.25) is 24.0 Å². The molecule has 0 saturated heterocycles. The first-order valence-electron chi connectivity index (χ1n) is 27.9. The molecule has 12 nitrogen and oxygen atoms in total. The van der Waals surface area contributed by atoms with E-state index in [4.69, 9.17) is 22.7 Å². The summed E-state index contributed by atoms with van der Waals surface area (Å²) in [6, 6.07) is 84.8. The topological polar surface area (TPSA) is 184 Å². The molecule has 10 aromatic carbocycles. The van der Waals surface area contributed by atoms with Crippen LogP contribution in [0.4, 0.5) is 0 Å². The number of ether oxygens (including phenoxy) is 2. The van der Waals surface area contributed by atoms with Crippen LogP contribution in [0.2, 0.25) is 0 Å². The van der Waals surface area contributed by atoms with Gasteiger partial charge in [0.25, 0.3) is 0 Å². The number of ketones is 2. The van der Waals surface area contributed by atoms with E-state index >= 15 is 0 Å². The molecule has 3 atom stereocenters. The van der Waals surface area contributed by atoms with Crippen molar-refractivity contribution in [3.63, 3.8) is 0 Å². The van der Waals surface area contributed by atoms with E-state index in [-0.39, 0.29) is 40.0 Å². The standard InChI is InChI=1S/C15H12O3.C15H10O3.C15H12O2.2C15H10O2/c2*16-13-11-8-4-5-9-12(11)18-15(14(13)17)10-6-2-1-3-7-10;2*16-13-10-15(11-6-2-1-3-7-11)17-14-9-5-4-8-12(13)14;16-15-12-8-4-5-9-14(12)17-10-13(15)11-6-2-1-3-7-11/h1-9,14-15,17H;1-9,17H;1-9,15H,10H2;2*1-10H. The minimum atomic E-state index is -1.15. The molecule has 0 bridgehead atoms. The van der Waals surface area contributed by atoms with Gasteiger partial charge < -0.3 is 32.9 Å². The number of fused-ring (bicyclic) bond motifs is 5. The normalized spacial score (nSPS) is 14.5. The van der Waals surface area contributed by atoms with Crippen molar-refractivity contribution in [3.8, 4) is 51.0 Å². The van der Waals surface area contributed by atoms with Crippen molar-refractivity contribution < 1.29 is 42.5 Å². The smallest absolute Gasteiger partial charge is 0.235 e. The summed E-state index contributed by atoms with van der Waals surface area (Å²) >= 11 is 0. The maximum atomic E-state index is 12.3. The van der Waals surface area contributed by atoms with Gasteiger partial charge in [-0.2, -0.15) is 0 Å². The van der Waals surface area contributed by atoms with Crippen LogP contribution in [0.3, 0.4) is 0 Å². The molecular formula is C75H54O12. The zero-order chi connectivity index (χ0) is 60.1. The molecule has 2 aliphatic rings. The summed E-state index contributed by atoms with van der Waals surface area (Å²) in [5.74, 6) is 1.55. The molecule has 0 spiro atoms. The SMILES string of the molecule is O=C1CC(c2ccccc2)Oc2ccccc21.O=C1c2ccccc2OC(c2ccccc2)C1O.O=c1c(-c2ccccc2)coc2ccccc12.O=c1c(O)c(-c2ccccc2)oc2ccccc12.O=c1cc(-c2ccccc2)oc2ccccc12. The number of para-hydroxylation sites is 5. The summed E-state index contributed by atoms with van der Waals surface area (Å²) < 4.78 is 28.4. The number of hydrogen-bond donors (Lipinski definition) is 2. The fourth-order valence-corrected chi connectivity index (χ4v) is 9.95. The predicted octanol–water partition coefficient (Wildman–Crippen LogP) is 15.8. The number of hydrogen-bond acceptors (Lipinski definition) is 12. The minimum Gasteiger partial charge on any atom is -0.502 e. The predicted molar refractivity (Wildman–Crippen MR) is 337 cm³/mol. The lowest BCUT2D eigenvalue weighted by Gasteiger charge is -2.29. The Balaban J connectivity index is 0.000000113. The van der Waals surface area contributed by atoms with Crippen LogP contribution in [0.1, 0.15) is 50.5 Å². The molecule has 0 aliphatic carbocycles. The van der Waals surface area contributed by atoms with Crippen LogP contribution in [0.15, 0.2) is 313 Å². The van der Waals surface area contributed by atoms with Gasteiger partial charge in [-0.15, -0.1) is 0 Å². The van der Waals surface area contributed by atoms with Crippen LogP contribution < -0.4 is 25.8 Å². The fourth-order valence-electron chi connectivity index (χ4n) is 9.95. The highest BCUT2D eigenvalue weighted by Gasteiger charge is 2.36. The quantitative estimate of drug-likeness (QED) is 0.166. The summed E-state index contributed by atoms with van der Waals surface area (Å²) in [5, 5.41) is 21.6. The van der Waals surface area contributed by atoms with Crippen molar-refractivity contribution in [2.45, 2.75) is 24.7 Å².